The number of rotatable bonds is 3. The summed E-state index contributed by atoms with van der Waals surface area (Å²) in [5, 5.41) is 30.9. The number of hydrogen-bond acceptors (Lipinski definition) is 6. The summed E-state index contributed by atoms with van der Waals surface area (Å²) in [4.78, 5) is 0. The molecule has 0 saturated carbocycles. The van der Waals surface area contributed by atoms with Crippen molar-refractivity contribution < 1.29 is 29.5 Å². The molecule has 0 saturated heterocycles. The maximum atomic E-state index is 10.7. The van der Waals surface area contributed by atoms with E-state index in [4.69, 9.17) is 14.2 Å². The predicted molar refractivity (Wildman–Crippen MR) is 102 cm³/mol. The van der Waals surface area contributed by atoms with Crippen molar-refractivity contribution in [3.05, 3.63) is 23.3 Å². The number of fused-ring (bicyclic) bond motifs is 3. The molecule has 0 fully saturated rings. The van der Waals surface area contributed by atoms with Gasteiger partial charge in [0, 0.05) is 11.1 Å². The van der Waals surface area contributed by atoms with Crippen LogP contribution in [0.4, 0.5) is 0 Å². The number of phenols is 3. The monoisotopic (exact) mass is 374 g/mol. The van der Waals surface area contributed by atoms with E-state index in [2.05, 4.69) is 13.8 Å². The van der Waals surface area contributed by atoms with Gasteiger partial charge in [-0.25, -0.2) is 0 Å². The van der Waals surface area contributed by atoms with E-state index in [-0.39, 0.29) is 11.5 Å². The Morgan fingerprint density at radius 3 is 1.81 bits per heavy atom. The van der Waals surface area contributed by atoms with Gasteiger partial charge in [0.25, 0.3) is 0 Å². The number of methoxy groups -OCH3 is 3. The van der Waals surface area contributed by atoms with Crippen LogP contribution in [0.2, 0.25) is 0 Å². The lowest BCUT2D eigenvalue weighted by molar-refractivity contribution is 0.322. The molecule has 0 heterocycles. The molecule has 0 aromatic heterocycles. The summed E-state index contributed by atoms with van der Waals surface area (Å²) in [6.07, 6.45) is 1.39. The number of hydrogen-bond donors (Lipinski definition) is 3. The SMILES string of the molecule is COc1cc2c(c(OC)c1OC)-c1c(cc(O)c(O)c1O)CC(C)C(C)C2. The molecule has 0 spiro atoms. The van der Waals surface area contributed by atoms with E-state index in [0.717, 1.165) is 17.5 Å². The fourth-order valence-corrected chi connectivity index (χ4v) is 3.88. The van der Waals surface area contributed by atoms with Crippen LogP contribution in [-0.4, -0.2) is 36.6 Å². The highest BCUT2D eigenvalue weighted by atomic mass is 16.5. The normalized spacial score (nSPS) is 18.7. The Morgan fingerprint density at radius 2 is 1.30 bits per heavy atom. The van der Waals surface area contributed by atoms with Crippen LogP contribution in [0.15, 0.2) is 12.1 Å². The number of phenolic OH excluding ortho intramolecular Hbond substituents is 3. The maximum absolute atomic E-state index is 10.7. The van der Waals surface area contributed by atoms with Crippen molar-refractivity contribution in [2.24, 2.45) is 11.8 Å². The van der Waals surface area contributed by atoms with Crippen molar-refractivity contribution in [3.63, 3.8) is 0 Å². The molecule has 3 N–H and O–H groups in total. The second-order valence-corrected chi connectivity index (χ2v) is 7.17. The topological polar surface area (TPSA) is 88.4 Å². The van der Waals surface area contributed by atoms with Gasteiger partial charge >= 0.3 is 0 Å². The van der Waals surface area contributed by atoms with Crippen LogP contribution in [0.5, 0.6) is 34.5 Å². The molecule has 2 unspecified atom stereocenters. The summed E-state index contributed by atoms with van der Waals surface area (Å²) >= 11 is 0. The molecule has 2 atom stereocenters. The van der Waals surface area contributed by atoms with E-state index in [1.165, 1.54) is 20.3 Å². The van der Waals surface area contributed by atoms with Crippen LogP contribution in [0.25, 0.3) is 11.1 Å². The smallest absolute Gasteiger partial charge is 0.203 e. The van der Waals surface area contributed by atoms with Gasteiger partial charge in [0.1, 0.15) is 0 Å². The molecular weight excluding hydrogens is 348 g/mol. The zero-order chi connectivity index (χ0) is 19.9. The van der Waals surface area contributed by atoms with Gasteiger partial charge < -0.3 is 29.5 Å². The third-order valence-electron chi connectivity index (χ3n) is 5.55. The highest BCUT2D eigenvalue weighted by molar-refractivity contribution is 5.87. The van der Waals surface area contributed by atoms with Crippen LogP contribution in [0, 0.1) is 11.8 Å². The third kappa shape index (κ3) is 2.99. The van der Waals surface area contributed by atoms with Crippen molar-refractivity contribution >= 4 is 0 Å². The molecule has 0 aliphatic heterocycles. The molecular formula is C21H26O6. The van der Waals surface area contributed by atoms with Crippen molar-refractivity contribution in [1.29, 1.82) is 0 Å². The molecule has 0 radical (unpaired) electrons. The summed E-state index contributed by atoms with van der Waals surface area (Å²) in [6, 6.07) is 3.40. The maximum Gasteiger partial charge on any atom is 0.203 e. The lowest BCUT2D eigenvalue weighted by Gasteiger charge is -2.29. The molecule has 3 rings (SSSR count). The molecule has 27 heavy (non-hydrogen) atoms. The Kier molecular flexibility index (Phi) is 5.00. The largest absolute Gasteiger partial charge is 0.504 e. The van der Waals surface area contributed by atoms with Gasteiger partial charge in [0.15, 0.2) is 23.0 Å². The van der Waals surface area contributed by atoms with E-state index in [9.17, 15) is 15.3 Å². The van der Waals surface area contributed by atoms with Gasteiger partial charge in [-0.15, -0.1) is 0 Å². The Labute approximate surface area is 158 Å². The summed E-state index contributed by atoms with van der Waals surface area (Å²) in [5.74, 6) is 0.784. The minimum atomic E-state index is -0.544. The van der Waals surface area contributed by atoms with Crippen LogP contribution in [-0.2, 0) is 12.8 Å². The van der Waals surface area contributed by atoms with Crippen LogP contribution >= 0.6 is 0 Å². The Hall–Kier alpha value is -2.76. The summed E-state index contributed by atoms with van der Waals surface area (Å²) in [6.45, 7) is 4.31. The number of benzene rings is 2. The lowest BCUT2D eigenvalue weighted by Crippen LogP contribution is -2.18. The van der Waals surface area contributed by atoms with Crippen molar-refractivity contribution in [3.8, 4) is 45.6 Å². The van der Waals surface area contributed by atoms with Crippen LogP contribution in [0.1, 0.15) is 25.0 Å². The lowest BCUT2D eigenvalue weighted by atomic mass is 9.77. The highest BCUT2D eigenvalue weighted by Gasteiger charge is 2.31. The van der Waals surface area contributed by atoms with Gasteiger partial charge in [-0.2, -0.15) is 0 Å². The van der Waals surface area contributed by atoms with E-state index < -0.39 is 5.75 Å². The van der Waals surface area contributed by atoms with Gasteiger partial charge in [0.2, 0.25) is 11.5 Å². The summed E-state index contributed by atoms with van der Waals surface area (Å²) in [7, 11) is 4.61. The molecule has 6 heteroatoms. The van der Waals surface area contributed by atoms with Gasteiger partial charge in [-0.1, -0.05) is 13.8 Å². The minimum absolute atomic E-state index is 0.305. The van der Waals surface area contributed by atoms with E-state index in [1.807, 2.05) is 6.07 Å². The Morgan fingerprint density at radius 1 is 0.741 bits per heavy atom. The zero-order valence-electron chi connectivity index (χ0n) is 16.3. The average Bonchev–Trinajstić information content (AvgIpc) is 2.65. The molecule has 0 bridgehead atoms. The number of aromatic hydroxyl groups is 3. The minimum Gasteiger partial charge on any atom is -0.504 e. The fraction of sp³-hybridized carbons (Fsp3) is 0.429. The first-order valence-corrected chi connectivity index (χ1v) is 8.92. The first-order valence-electron chi connectivity index (χ1n) is 8.92. The fourth-order valence-electron chi connectivity index (χ4n) is 3.88. The van der Waals surface area contributed by atoms with E-state index in [0.29, 0.717) is 46.6 Å². The predicted octanol–water partition coefficient (Wildman–Crippen LogP) is 3.87. The molecule has 2 aromatic carbocycles. The van der Waals surface area contributed by atoms with Crippen LogP contribution < -0.4 is 14.2 Å². The standard InChI is InChI=1S/C21H26O6/c1-10-6-12-8-14(22)18(23)19(24)16(12)17-13(7-11(10)2)9-15(25-3)20(26-4)21(17)27-5/h8-11,22-24H,6-7H2,1-5H3. The first kappa shape index (κ1) is 19.0. The quantitative estimate of drug-likeness (QED) is 0.707. The van der Waals surface area contributed by atoms with Gasteiger partial charge in [-0.05, 0) is 47.9 Å². The highest BCUT2D eigenvalue weighted by Crippen LogP contribution is 2.54. The Bertz CT molecular complexity index is 874. The van der Waals surface area contributed by atoms with E-state index in [1.54, 1.807) is 7.11 Å². The zero-order valence-corrected chi connectivity index (χ0v) is 16.3. The molecule has 0 amide bonds. The summed E-state index contributed by atoms with van der Waals surface area (Å²) < 4.78 is 16.7. The van der Waals surface area contributed by atoms with Crippen molar-refractivity contribution in [1.82, 2.24) is 0 Å². The second-order valence-electron chi connectivity index (χ2n) is 7.17. The summed E-state index contributed by atoms with van der Waals surface area (Å²) in [5.41, 5.74) is 2.77. The second kappa shape index (κ2) is 7.10. The molecule has 2 aromatic rings. The van der Waals surface area contributed by atoms with Gasteiger partial charge in [-0.3, -0.25) is 0 Å². The Balaban J connectivity index is 2.47. The van der Waals surface area contributed by atoms with Gasteiger partial charge in [0.05, 0.1) is 21.3 Å². The molecule has 146 valence electrons. The van der Waals surface area contributed by atoms with Crippen molar-refractivity contribution in [2.45, 2.75) is 26.7 Å². The molecule has 6 nitrogen and oxygen atoms in total. The van der Waals surface area contributed by atoms with Crippen molar-refractivity contribution in [2.75, 3.05) is 21.3 Å². The molecule has 1 aliphatic carbocycles. The molecule has 1 aliphatic rings. The first-order chi connectivity index (χ1) is 12.8. The third-order valence-corrected chi connectivity index (χ3v) is 5.55. The van der Waals surface area contributed by atoms with E-state index >= 15 is 0 Å². The average molecular weight is 374 g/mol. The number of ether oxygens (including phenoxy) is 3. The van der Waals surface area contributed by atoms with Crippen LogP contribution in [0.3, 0.4) is 0 Å².